The van der Waals surface area contributed by atoms with Crippen LogP contribution < -0.4 is 0 Å². The molecule has 3 heteroatoms. The molecule has 0 saturated carbocycles. The molecular weight excluding hydrogens is 215 g/mol. The van der Waals surface area contributed by atoms with Crippen molar-refractivity contribution < 1.29 is 4.39 Å². The summed E-state index contributed by atoms with van der Waals surface area (Å²) in [6.07, 6.45) is 1.83. The lowest BCUT2D eigenvalue weighted by molar-refractivity contribution is 0.629. The summed E-state index contributed by atoms with van der Waals surface area (Å²) < 4.78 is 15.4. The highest BCUT2D eigenvalue weighted by Crippen LogP contribution is 2.24. The normalized spacial score (nSPS) is 10.9. The van der Waals surface area contributed by atoms with Gasteiger partial charge in [-0.15, -0.1) is 0 Å². The van der Waals surface area contributed by atoms with Crippen molar-refractivity contribution in [3.63, 3.8) is 0 Å². The monoisotopic (exact) mass is 226 g/mol. The molecule has 2 heterocycles. The Labute approximate surface area is 98.4 Å². The Balaban J connectivity index is 2.32. The van der Waals surface area contributed by atoms with Gasteiger partial charge in [0.05, 0.1) is 5.69 Å². The van der Waals surface area contributed by atoms with E-state index in [1.807, 2.05) is 43.5 Å². The van der Waals surface area contributed by atoms with Crippen LogP contribution in [0.1, 0.15) is 5.69 Å². The van der Waals surface area contributed by atoms with Crippen molar-refractivity contribution in [2.75, 3.05) is 0 Å². The average Bonchev–Trinajstić information content (AvgIpc) is 2.70. The van der Waals surface area contributed by atoms with Crippen LogP contribution in [0.25, 0.3) is 16.9 Å². The van der Waals surface area contributed by atoms with Crippen LogP contribution in [0.3, 0.4) is 0 Å². The molecule has 0 aliphatic rings. The maximum absolute atomic E-state index is 13.6. The third kappa shape index (κ3) is 1.51. The molecule has 0 atom stereocenters. The Hall–Kier alpha value is -2.16. The summed E-state index contributed by atoms with van der Waals surface area (Å²) in [5.41, 5.74) is 3.17. The maximum atomic E-state index is 13.6. The van der Waals surface area contributed by atoms with E-state index < -0.39 is 0 Å². The molecule has 0 spiro atoms. The van der Waals surface area contributed by atoms with E-state index in [4.69, 9.17) is 0 Å². The number of aryl methyl sites for hydroxylation is 1. The molecule has 0 bridgehead atoms. The average molecular weight is 226 g/mol. The first-order valence-electron chi connectivity index (χ1n) is 5.46. The number of aromatic nitrogens is 2. The van der Waals surface area contributed by atoms with E-state index in [0.717, 1.165) is 17.0 Å². The van der Waals surface area contributed by atoms with E-state index in [0.29, 0.717) is 5.65 Å². The molecule has 0 unspecified atom stereocenters. The van der Waals surface area contributed by atoms with E-state index in [9.17, 15) is 4.39 Å². The molecule has 2 aromatic heterocycles. The highest BCUT2D eigenvalue weighted by atomic mass is 19.1. The van der Waals surface area contributed by atoms with Gasteiger partial charge in [-0.25, -0.2) is 9.37 Å². The van der Waals surface area contributed by atoms with Crippen molar-refractivity contribution in [1.29, 1.82) is 0 Å². The van der Waals surface area contributed by atoms with Gasteiger partial charge in [0.15, 0.2) is 11.5 Å². The van der Waals surface area contributed by atoms with Crippen molar-refractivity contribution in [3.8, 4) is 11.3 Å². The fraction of sp³-hybridized carbons (Fsp3) is 0.0714. The van der Waals surface area contributed by atoms with Crippen molar-refractivity contribution in [3.05, 3.63) is 60.2 Å². The quantitative estimate of drug-likeness (QED) is 0.621. The number of imidazole rings is 1. The van der Waals surface area contributed by atoms with Gasteiger partial charge in [0.1, 0.15) is 0 Å². The van der Waals surface area contributed by atoms with Crippen LogP contribution in [0, 0.1) is 12.7 Å². The molecular formula is C14H11FN2. The van der Waals surface area contributed by atoms with Gasteiger partial charge in [-0.2, -0.15) is 0 Å². The first-order chi connectivity index (χ1) is 8.27. The first-order valence-corrected chi connectivity index (χ1v) is 5.46. The van der Waals surface area contributed by atoms with E-state index in [1.54, 1.807) is 10.5 Å². The zero-order chi connectivity index (χ0) is 11.8. The number of benzene rings is 1. The smallest absolute Gasteiger partial charge is 0.173 e. The molecule has 2 nitrogen and oxygen atoms in total. The van der Waals surface area contributed by atoms with Gasteiger partial charge in [0, 0.05) is 17.5 Å². The van der Waals surface area contributed by atoms with Crippen LogP contribution in [0.4, 0.5) is 4.39 Å². The minimum atomic E-state index is -0.294. The Bertz CT molecular complexity index is 671. The van der Waals surface area contributed by atoms with Gasteiger partial charge in [-0.3, -0.25) is 0 Å². The van der Waals surface area contributed by atoms with E-state index >= 15 is 0 Å². The van der Waals surface area contributed by atoms with E-state index in [-0.39, 0.29) is 5.82 Å². The first kappa shape index (κ1) is 10.0. The summed E-state index contributed by atoms with van der Waals surface area (Å²) in [6.45, 7) is 1.95. The summed E-state index contributed by atoms with van der Waals surface area (Å²) >= 11 is 0. The molecule has 0 saturated heterocycles. The van der Waals surface area contributed by atoms with Gasteiger partial charge in [-0.1, -0.05) is 30.3 Å². The summed E-state index contributed by atoms with van der Waals surface area (Å²) in [5.74, 6) is -0.294. The van der Waals surface area contributed by atoms with Crippen LogP contribution >= 0.6 is 0 Å². The molecule has 84 valence electrons. The second-order valence-corrected chi connectivity index (χ2v) is 3.96. The van der Waals surface area contributed by atoms with Gasteiger partial charge < -0.3 is 4.40 Å². The van der Waals surface area contributed by atoms with E-state index in [2.05, 4.69) is 4.98 Å². The molecule has 17 heavy (non-hydrogen) atoms. The Kier molecular flexibility index (Phi) is 2.18. The molecule has 0 aliphatic heterocycles. The molecule has 0 radical (unpaired) electrons. The number of halogens is 1. The Morgan fingerprint density at radius 1 is 1.06 bits per heavy atom. The third-order valence-electron chi connectivity index (χ3n) is 2.89. The summed E-state index contributed by atoms with van der Waals surface area (Å²) in [6, 6.07) is 12.9. The number of nitrogens with zero attached hydrogens (tertiary/aromatic N) is 2. The SMILES string of the molecule is Cc1c(-c2ccccc2)nc2c(F)cccn12. The lowest BCUT2D eigenvalue weighted by atomic mass is 10.1. The standard InChI is InChI=1S/C14H11FN2/c1-10-13(11-6-3-2-4-7-11)16-14-12(15)8-5-9-17(10)14/h2-9H,1H3. The zero-order valence-electron chi connectivity index (χ0n) is 9.39. The van der Waals surface area contributed by atoms with Gasteiger partial charge in [-0.05, 0) is 19.1 Å². The summed E-state index contributed by atoms with van der Waals surface area (Å²) in [7, 11) is 0. The number of fused-ring (bicyclic) bond motifs is 1. The second kappa shape index (κ2) is 3.70. The van der Waals surface area contributed by atoms with Gasteiger partial charge >= 0.3 is 0 Å². The number of rotatable bonds is 1. The minimum Gasteiger partial charge on any atom is -0.301 e. The number of hydrogen-bond donors (Lipinski definition) is 0. The van der Waals surface area contributed by atoms with Crippen LogP contribution in [0.2, 0.25) is 0 Å². The van der Waals surface area contributed by atoms with Crippen molar-refractivity contribution in [2.45, 2.75) is 6.92 Å². The van der Waals surface area contributed by atoms with Gasteiger partial charge in [0.25, 0.3) is 0 Å². The van der Waals surface area contributed by atoms with Crippen LogP contribution in [0.5, 0.6) is 0 Å². The predicted molar refractivity (Wildman–Crippen MR) is 65.3 cm³/mol. The molecule has 0 fully saturated rings. The number of hydrogen-bond acceptors (Lipinski definition) is 1. The van der Waals surface area contributed by atoms with Crippen LogP contribution in [-0.2, 0) is 0 Å². The van der Waals surface area contributed by atoms with Crippen molar-refractivity contribution >= 4 is 5.65 Å². The van der Waals surface area contributed by atoms with Gasteiger partial charge in [0.2, 0.25) is 0 Å². The van der Waals surface area contributed by atoms with Crippen LogP contribution in [-0.4, -0.2) is 9.38 Å². The molecule has 3 rings (SSSR count). The fourth-order valence-electron chi connectivity index (χ4n) is 2.02. The largest absolute Gasteiger partial charge is 0.301 e. The molecule has 3 aromatic rings. The highest BCUT2D eigenvalue weighted by molar-refractivity contribution is 5.66. The van der Waals surface area contributed by atoms with Crippen molar-refractivity contribution in [1.82, 2.24) is 9.38 Å². The third-order valence-corrected chi connectivity index (χ3v) is 2.89. The summed E-state index contributed by atoms with van der Waals surface area (Å²) in [4.78, 5) is 4.37. The minimum absolute atomic E-state index is 0.294. The summed E-state index contributed by atoms with van der Waals surface area (Å²) in [5, 5.41) is 0. The zero-order valence-corrected chi connectivity index (χ0v) is 9.39. The lowest BCUT2D eigenvalue weighted by Crippen LogP contribution is -1.89. The van der Waals surface area contributed by atoms with E-state index in [1.165, 1.54) is 6.07 Å². The molecule has 0 amide bonds. The molecule has 0 N–H and O–H groups in total. The van der Waals surface area contributed by atoms with Crippen molar-refractivity contribution in [2.24, 2.45) is 0 Å². The Morgan fingerprint density at radius 3 is 2.53 bits per heavy atom. The van der Waals surface area contributed by atoms with Crippen LogP contribution in [0.15, 0.2) is 48.7 Å². The number of pyridine rings is 1. The fourth-order valence-corrected chi connectivity index (χ4v) is 2.02. The lowest BCUT2D eigenvalue weighted by Gasteiger charge is -1.98. The molecule has 0 aliphatic carbocycles. The highest BCUT2D eigenvalue weighted by Gasteiger charge is 2.12. The Morgan fingerprint density at radius 2 is 1.82 bits per heavy atom. The topological polar surface area (TPSA) is 17.3 Å². The maximum Gasteiger partial charge on any atom is 0.173 e. The molecule has 1 aromatic carbocycles. The predicted octanol–water partition coefficient (Wildman–Crippen LogP) is 3.45. The second-order valence-electron chi connectivity index (χ2n) is 3.96.